The standard InChI is InChI=1S/C18H16F3N3O3/c1-11(26)22-9-15-17-12(10-25)3-2-4-16(17)24(23-15)13-5-7-14(8-6-13)27-18(19,20)21/h2-8,25H,9-10H2,1H3,(H,22,26). The van der Waals surface area contributed by atoms with Crippen molar-refractivity contribution >= 4 is 16.8 Å². The Kier molecular flexibility index (Phi) is 5.04. The molecule has 6 nitrogen and oxygen atoms in total. The number of nitrogens with zero attached hydrogens (tertiary/aromatic N) is 2. The van der Waals surface area contributed by atoms with E-state index >= 15 is 0 Å². The van der Waals surface area contributed by atoms with E-state index in [9.17, 15) is 23.1 Å². The number of nitrogens with one attached hydrogen (secondary N) is 1. The average Bonchev–Trinajstić information content (AvgIpc) is 2.98. The molecule has 0 unspecified atom stereocenters. The SMILES string of the molecule is CC(=O)NCc1nn(-c2ccc(OC(F)(F)F)cc2)c2cccc(CO)c12. The van der Waals surface area contributed by atoms with Crippen molar-refractivity contribution in [1.82, 2.24) is 15.1 Å². The third-order valence-corrected chi connectivity index (χ3v) is 3.86. The predicted octanol–water partition coefficient (Wildman–Crippen LogP) is 3.05. The number of hydrogen-bond donors (Lipinski definition) is 2. The molecule has 27 heavy (non-hydrogen) atoms. The highest BCUT2D eigenvalue weighted by atomic mass is 19.4. The van der Waals surface area contributed by atoms with Crippen LogP contribution in [0.2, 0.25) is 0 Å². The fourth-order valence-electron chi connectivity index (χ4n) is 2.77. The van der Waals surface area contributed by atoms with Gasteiger partial charge >= 0.3 is 6.36 Å². The van der Waals surface area contributed by atoms with Crippen LogP contribution in [0, 0.1) is 0 Å². The lowest BCUT2D eigenvalue weighted by Crippen LogP contribution is -2.19. The molecule has 1 aromatic heterocycles. The number of aliphatic hydroxyl groups excluding tert-OH is 1. The monoisotopic (exact) mass is 379 g/mol. The van der Waals surface area contributed by atoms with Gasteiger partial charge in [-0.2, -0.15) is 5.10 Å². The van der Waals surface area contributed by atoms with E-state index in [1.807, 2.05) is 0 Å². The Morgan fingerprint density at radius 3 is 2.52 bits per heavy atom. The summed E-state index contributed by atoms with van der Waals surface area (Å²) in [6, 6.07) is 10.5. The summed E-state index contributed by atoms with van der Waals surface area (Å²) in [6.45, 7) is 1.32. The molecule has 142 valence electrons. The zero-order valence-corrected chi connectivity index (χ0v) is 14.2. The van der Waals surface area contributed by atoms with Crippen molar-refractivity contribution in [3.05, 3.63) is 53.7 Å². The minimum Gasteiger partial charge on any atom is -0.406 e. The average molecular weight is 379 g/mol. The summed E-state index contributed by atoms with van der Waals surface area (Å²) in [5, 5.41) is 17.4. The summed E-state index contributed by atoms with van der Waals surface area (Å²) in [5.74, 6) is -0.565. The summed E-state index contributed by atoms with van der Waals surface area (Å²) < 4.78 is 42.4. The maximum atomic E-state index is 12.3. The molecule has 9 heteroatoms. The molecule has 0 aliphatic carbocycles. The van der Waals surface area contributed by atoms with Gasteiger partial charge in [-0.25, -0.2) is 4.68 Å². The molecule has 0 atom stereocenters. The molecule has 0 saturated heterocycles. The van der Waals surface area contributed by atoms with E-state index in [-0.39, 0.29) is 24.8 Å². The normalized spacial score (nSPS) is 11.6. The van der Waals surface area contributed by atoms with E-state index in [4.69, 9.17) is 0 Å². The van der Waals surface area contributed by atoms with Gasteiger partial charge in [-0.3, -0.25) is 4.79 Å². The van der Waals surface area contributed by atoms with Gasteiger partial charge in [0.25, 0.3) is 0 Å². The first-order chi connectivity index (χ1) is 12.8. The number of halogens is 3. The number of amides is 1. The fraction of sp³-hybridized carbons (Fsp3) is 0.222. The van der Waals surface area contributed by atoms with Crippen LogP contribution in [0.3, 0.4) is 0 Å². The molecule has 0 aliphatic heterocycles. The molecule has 3 rings (SSSR count). The molecule has 0 spiro atoms. The van der Waals surface area contributed by atoms with E-state index in [2.05, 4.69) is 15.2 Å². The van der Waals surface area contributed by atoms with Crippen LogP contribution in [-0.4, -0.2) is 27.2 Å². The number of carbonyl (C=O) groups is 1. The lowest BCUT2D eigenvalue weighted by Gasteiger charge is -2.09. The third kappa shape index (κ3) is 4.20. The van der Waals surface area contributed by atoms with E-state index in [1.54, 1.807) is 22.9 Å². The number of ether oxygens (including phenoxy) is 1. The first kappa shape index (κ1) is 18.7. The molecule has 0 fully saturated rings. The van der Waals surface area contributed by atoms with Crippen molar-refractivity contribution in [1.29, 1.82) is 0 Å². The van der Waals surface area contributed by atoms with Gasteiger partial charge in [-0.1, -0.05) is 12.1 Å². The lowest BCUT2D eigenvalue weighted by molar-refractivity contribution is -0.274. The number of fused-ring (bicyclic) bond motifs is 1. The highest BCUT2D eigenvalue weighted by molar-refractivity contribution is 5.87. The minimum absolute atomic E-state index is 0.158. The Morgan fingerprint density at radius 1 is 1.22 bits per heavy atom. The molecule has 0 radical (unpaired) electrons. The van der Waals surface area contributed by atoms with Gasteiger partial charge in [-0.15, -0.1) is 13.2 Å². The van der Waals surface area contributed by atoms with Gasteiger partial charge in [0.1, 0.15) is 5.75 Å². The van der Waals surface area contributed by atoms with Crippen LogP contribution >= 0.6 is 0 Å². The van der Waals surface area contributed by atoms with Crippen LogP contribution in [0.25, 0.3) is 16.6 Å². The van der Waals surface area contributed by atoms with E-state index in [0.717, 1.165) is 0 Å². The van der Waals surface area contributed by atoms with Crippen molar-refractivity contribution < 1.29 is 27.8 Å². The van der Waals surface area contributed by atoms with Crippen LogP contribution in [0.5, 0.6) is 5.75 Å². The summed E-state index contributed by atoms with van der Waals surface area (Å²) in [7, 11) is 0. The lowest BCUT2D eigenvalue weighted by atomic mass is 10.1. The van der Waals surface area contributed by atoms with Gasteiger partial charge in [-0.05, 0) is 35.9 Å². The molecule has 0 aliphatic rings. The van der Waals surface area contributed by atoms with Gasteiger partial charge in [0, 0.05) is 12.3 Å². The Morgan fingerprint density at radius 2 is 1.93 bits per heavy atom. The number of benzene rings is 2. The Hall–Kier alpha value is -3.07. The predicted molar refractivity (Wildman–Crippen MR) is 91.2 cm³/mol. The second kappa shape index (κ2) is 7.28. The molecular formula is C18H16F3N3O3. The van der Waals surface area contributed by atoms with Crippen LogP contribution in [0.15, 0.2) is 42.5 Å². The van der Waals surface area contributed by atoms with Crippen molar-refractivity contribution in [2.45, 2.75) is 26.4 Å². The van der Waals surface area contributed by atoms with E-state index in [0.29, 0.717) is 27.8 Å². The van der Waals surface area contributed by atoms with Crippen LogP contribution < -0.4 is 10.1 Å². The molecule has 2 aromatic carbocycles. The maximum absolute atomic E-state index is 12.3. The number of alkyl halides is 3. The molecule has 3 aromatic rings. The van der Waals surface area contributed by atoms with Crippen LogP contribution in [0.4, 0.5) is 13.2 Å². The fourth-order valence-corrected chi connectivity index (χ4v) is 2.77. The Labute approximate surface area is 152 Å². The number of aromatic nitrogens is 2. The molecule has 1 amide bonds. The van der Waals surface area contributed by atoms with E-state index in [1.165, 1.54) is 31.2 Å². The second-order valence-corrected chi connectivity index (χ2v) is 5.78. The van der Waals surface area contributed by atoms with Gasteiger partial charge in [0.2, 0.25) is 5.91 Å². The van der Waals surface area contributed by atoms with Crippen LogP contribution in [0.1, 0.15) is 18.2 Å². The summed E-state index contributed by atoms with van der Waals surface area (Å²) >= 11 is 0. The van der Waals surface area contributed by atoms with Crippen molar-refractivity contribution in [3.63, 3.8) is 0 Å². The topological polar surface area (TPSA) is 76.4 Å². The Balaban J connectivity index is 2.05. The minimum atomic E-state index is -4.76. The first-order valence-electron chi connectivity index (χ1n) is 7.99. The number of aliphatic hydroxyl groups is 1. The number of rotatable bonds is 5. The zero-order valence-electron chi connectivity index (χ0n) is 14.2. The summed E-state index contributed by atoms with van der Waals surface area (Å²) in [6.07, 6.45) is -4.76. The number of hydrogen-bond acceptors (Lipinski definition) is 4. The highest BCUT2D eigenvalue weighted by Crippen LogP contribution is 2.28. The molecular weight excluding hydrogens is 363 g/mol. The maximum Gasteiger partial charge on any atom is 0.573 e. The van der Waals surface area contributed by atoms with Gasteiger partial charge in [0.05, 0.1) is 30.0 Å². The smallest absolute Gasteiger partial charge is 0.406 e. The molecule has 2 N–H and O–H groups in total. The van der Waals surface area contributed by atoms with Crippen molar-refractivity contribution in [2.75, 3.05) is 0 Å². The molecule has 0 saturated carbocycles. The zero-order chi connectivity index (χ0) is 19.6. The molecule has 1 heterocycles. The second-order valence-electron chi connectivity index (χ2n) is 5.78. The van der Waals surface area contributed by atoms with Crippen LogP contribution in [-0.2, 0) is 17.9 Å². The first-order valence-corrected chi connectivity index (χ1v) is 7.99. The van der Waals surface area contributed by atoms with Crippen molar-refractivity contribution in [2.24, 2.45) is 0 Å². The Bertz CT molecular complexity index is 966. The largest absolute Gasteiger partial charge is 0.573 e. The quantitative estimate of drug-likeness (QED) is 0.715. The summed E-state index contributed by atoms with van der Waals surface area (Å²) in [4.78, 5) is 11.2. The van der Waals surface area contributed by atoms with Crippen molar-refractivity contribution in [3.8, 4) is 11.4 Å². The van der Waals surface area contributed by atoms with Gasteiger partial charge in [0.15, 0.2) is 0 Å². The van der Waals surface area contributed by atoms with E-state index < -0.39 is 6.36 Å². The highest BCUT2D eigenvalue weighted by Gasteiger charge is 2.31. The number of carbonyl (C=O) groups excluding carboxylic acids is 1. The third-order valence-electron chi connectivity index (χ3n) is 3.86. The van der Waals surface area contributed by atoms with Gasteiger partial charge < -0.3 is 15.2 Å². The molecule has 0 bridgehead atoms. The summed E-state index contributed by atoms with van der Waals surface area (Å²) in [5.41, 5.74) is 2.35.